The van der Waals surface area contributed by atoms with E-state index in [1.165, 1.54) is 6.07 Å². The number of rotatable bonds is 11. The molecule has 0 bridgehead atoms. The van der Waals surface area contributed by atoms with E-state index < -0.39 is 11.9 Å². The summed E-state index contributed by atoms with van der Waals surface area (Å²) in [6.45, 7) is 9.72. The van der Waals surface area contributed by atoms with Crippen molar-refractivity contribution in [3.05, 3.63) is 71.7 Å². The van der Waals surface area contributed by atoms with E-state index in [0.29, 0.717) is 25.6 Å². The molecule has 6 nitrogen and oxygen atoms in total. The number of hydrogen-bond acceptors (Lipinski definition) is 5. The van der Waals surface area contributed by atoms with E-state index in [1.807, 2.05) is 44.2 Å². The highest BCUT2D eigenvalue weighted by Crippen LogP contribution is 2.33. The Hall–Kier alpha value is -2.74. The molecule has 7 heteroatoms. The highest BCUT2D eigenvalue weighted by Gasteiger charge is 2.24. The van der Waals surface area contributed by atoms with E-state index in [2.05, 4.69) is 18.7 Å². The molecule has 0 aliphatic carbocycles. The number of halogens is 1. The third kappa shape index (κ3) is 5.94. The van der Waals surface area contributed by atoms with Crippen LogP contribution in [0.15, 0.2) is 54.6 Å². The summed E-state index contributed by atoms with van der Waals surface area (Å²) in [7, 11) is 0. The third-order valence-electron chi connectivity index (χ3n) is 5.23. The predicted molar refractivity (Wildman–Crippen MR) is 123 cm³/mol. The molecule has 1 atom stereocenters. The summed E-state index contributed by atoms with van der Waals surface area (Å²) >= 11 is 0. The molecule has 3 aromatic rings. The number of ether oxygens (including phenoxy) is 2. The SMILES string of the molecule is CCOCC(O)CN(Cc1c(C)nn(-c2ccccc2)c1Oc1ccccc1F)C(C)C. The molecule has 0 radical (unpaired) electrons. The van der Waals surface area contributed by atoms with Crippen LogP contribution in [0.2, 0.25) is 0 Å². The molecule has 32 heavy (non-hydrogen) atoms. The summed E-state index contributed by atoms with van der Waals surface area (Å²) in [5, 5.41) is 15.1. The zero-order valence-electron chi connectivity index (χ0n) is 19.2. The number of aliphatic hydroxyl groups is 1. The molecule has 0 saturated heterocycles. The number of aliphatic hydroxyl groups excluding tert-OH is 1. The van der Waals surface area contributed by atoms with Gasteiger partial charge in [0.2, 0.25) is 5.88 Å². The monoisotopic (exact) mass is 441 g/mol. The minimum atomic E-state index is -0.613. The van der Waals surface area contributed by atoms with Crippen molar-refractivity contribution in [2.45, 2.75) is 46.4 Å². The Morgan fingerprint density at radius 3 is 2.44 bits per heavy atom. The minimum Gasteiger partial charge on any atom is -0.435 e. The smallest absolute Gasteiger partial charge is 0.227 e. The molecule has 2 aromatic carbocycles. The number of nitrogens with zero attached hydrogens (tertiary/aromatic N) is 3. The standard InChI is InChI=1S/C25H32FN3O3/c1-5-31-17-21(30)15-28(18(2)3)16-22-19(4)27-29(20-11-7-6-8-12-20)25(22)32-24-14-10-9-13-23(24)26/h6-14,18,21,30H,5,15-17H2,1-4H3. The largest absolute Gasteiger partial charge is 0.435 e. The zero-order valence-corrected chi connectivity index (χ0v) is 19.2. The summed E-state index contributed by atoms with van der Waals surface area (Å²) in [6, 6.07) is 16.1. The lowest BCUT2D eigenvalue weighted by molar-refractivity contribution is 0.0131. The maximum atomic E-state index is 14.4. The number of hydrogen-bond donors (Lipinski definition) is 1. The van der Waals surface area contributed by atoms with Crippen LogP contribution in [0.25, 0.3) is 5.69 Å². The number of benzene rings is 2. The summed E-state index contributed by atoms with van der Waals surface area (Å²) in [5.41, 5.74) is 2.44. The van der Waals surface area contributed by atoms with E-state index >= 15 is 0 Å². The van der Waals surface area contributed by atoms with Crippen molar-refractivity contribution in [3.63, 3.8) is 0 Å². The van der Waals surface area contributed by atoms with Gasteiger partial charge in [0.05, 0.1) is 29.7 Å². The summed E-state index contributed by atoms with van der Waals surface area (Å²) in [4.78, 5) is 2.14. The van der Waals surface area contributed by atoms with Gasteiger partial charge in [-0.15, -0.1) is 0 Å². The van der Waals surface area contributed by atoms with Gasteiger partial charge in [-0.05, 0) is 52.0 Å². The van der Waals surface area contributed by atoms with Crippen LogP contribution in [0.1, 0.15) is 32.0 Å². The Balaban J connectivity index is 1.98. The lowest BCUT2D eigenvalue weighted by Crippen LogP contribution is -2.39. The van der Waals surface area contributed by atoms with Gasteiger partial charge in [0.1, 0.15) is 0 Å². The molecule has 0 aliphatic heterocycles. The fraction of sp³-hybridized carbons (Fsp3) is 0.400. The molecule has 0 amide bonds. The number of aromatic nitrogens is 2. The van der Waals surface area contributed by atoms with Gasteiger partial charge in [0.25, 0.3) is 0 Å². The highest BCUT2D eigenvalue weighted by molar-refractivity contribution is 5.43. The Kier molecular flexibility index (Phi) is 8.39. The van der Waals surface area contributed by atoms with Crippen LogP contribution in [0.5, 0.6) is 11.6 Å². The van der Waals surface area contributed by atoms with Gasteiger partial charge in [0.15, 0.2) is 11.6 Å². The van der Waals surface area contributed by atoms with Gasteiger partial charge in [0, 0.05) is 25.7 Å². The second kappa shape index (κ2) is 11.2. The average Bonchev–Trinajstić information content (AvgIpc) is 3.09. The lowest BCUT2D eigenvalue weighted by Gasteiger charge is -2.29. The van der Waals surface area contributed by atoms with Crippen molar-refractivity contribution < 1.29 is 19.0 Å². The first kappa shape index (κ1) is 23.9. The van der Waals surface area contributed by atoms with Crippen molar-refractivity contribution in [2.24, 2.45) is 0 Å². The zero-order chi connectivity index (χ0) is 23.1. The molecule has 1 aromatic heterocycles. The predicted octanol–water partition coefficient (Wildman–Crippen LogP) is 4.72. The van der Waals surface area contributed by atoms with E-state index in [4.69, 9.17) is 14.6 Å². The minimum absolute atomic E-state index is 0.137. The Labute approximate surface area is 189 Å². The van der Waals surface area contributed by atoms with Crippen LogP contribution in [-0.2, 0) is 11.3 Å². The fourth-order valence-corrected chi connectivity index (χ4v) is 3.44. The van der Waals surface area contributed by atoms with Crippen LogP contribution in [0.4, 0.5) is 4.39 Å². The van der Waals surface area contributed by atoms with Gasteiger partial charge in [-0.1, -0.05) is 30.3 Å². The van der Waals surface area contributed by atoms with Crippen molar-refractivity contribution in [3.8, 4) is 17.3 Å². The number of aryl methyl sites for hydroxylation is 1. The van der Waals surface area contributed by atoms with Crippen molar-refractivity contribution in [2.75, 3.05) is 19.8 Å². The van der Waals surface area contributed by atoms with Crippen LogP contribution in [0.3, 0.4) is 0 Å². The molecule has 0 saturated carbocycles. The van der Waals surface area contributed by atoms with Gasteiger partial charge >= 0.3 is 0 Å². The molecular weight excluding hydrogens is 409 g/mol. The second-order valence-corrected chi connectivity index (χ2v) is 7.99. The Morgan fingerprint density at radius 1 is 1.09 bits per heavy atom. The molecular formula is C25H32FN3O3. The molecule has 1 N–H and O–H groups in total. The quantitative estimate of drug-likeness (QED) is 0.467. The lowest BCUT2D eigenvalue weighted by atomic mass is 10.2. The van der Waals surface area contributed by atoms with Gasteiger partial charge in [-0.3, -0.25) is 4.90 Å². The van der Waals surface area contributed by atoms with Gasteiger partial charge in [-0.2, -0.15) is 5.10 Å². The Bertz CT molecular complexity index is 991. The first-order valence-electron chi connectivity index (χ1n) is 11.0. The molecule has 3 rings (SSSR count). The van der Waals surface area contributed by atoms with Crippen molar-refractivity contribution in [1.29, 1.82) is 0 Å². The van der Waals surface area contributed by atoms with Crippen molar-refractivity contribution >= 4 is 0 Å². The maximum Gasteiger partial charge on any atom is 0.227 e. The normalized spacial score (nSPS) is 12.5. The second-order valence-electron chi connectivity index (χ2n) is 7.99. The van der Waals surface area contributed by atoms with E-state index in [1.54, 1.807) is 22.9 Å². The van der Waals surface area contributed by atoms with Crippen LogP contribution in [-0.4, -0.2) is 51.7 Å². The molecule has 0 spiro atoms. The molecule has 1 heterocycles. The average molecular weight is 442 g/mol. The summed E-state index contributed by atoms with van der Waals surface area (Å²) in [5.74, 6) is 0.159. The summed E-state index contributed by atoms with van der Waals surface area (Å²) in [6.07, 6.45) is -0.613. The Morgan fingerprint density at radius 2 is 1.78 bits per heavy atom. The van der Waals surface area contributed by atoms with Crippen LogP contribution < -0.4 is 4.74 Å². The molecule has 1 unspecified atom stereocenters. The fourth-order valence-electron chi connectivity index (χ4n) is 3.44. The first-order chi connectivity index (χ1) is 15.4. The van der Waals surface area contributed by atoms with E-state index in [9.17, 15) is 9.50 Å². The number of para-hydroxylation sites is 2. The maximum absolute atomic E-state index is 14.4. The highest BCUT2D eigenvalue weighted by atomic mass is 19.1. The van der Waals surface area contributed by atoms with Crippen molar-refractivity contribution in [1.82, 2.24) is 14.7 Å². The third-order valence-corrected chi connectivity index (χ3v) is 5.23. The van der Waals surface area contributed by atoms with E-state index in [-0.39, 0.29) is 18.4 Å². The van der Waals surface area contributed by atoms with Crippen LogP contribution >= 0.6 is 0 Å². The van der Waals surface area contributed by atoms with Gasteiger partial charge < -0.3 is 14.6 Å². The molecule has 0 aliphatic rings. The first-order valence-corrected chi connectivity index (χ1v) is 11.0. The van der Waals surface area contributed by atoms with Gasteiger partial charge in [-0.25, -0.2) is 9.07 Å². The molecule has 0 fully saturated rings. The topological polar surface area (TPSA) is 59.8 Å². The molecule has 172 valence electrons. The van der Waals surface area contributed by atoms with Crippen LogP contribution in [0, 0.1) is 12.7 Å². The van der Waals surface area contributed by atoms with E-state index in [0.717, 1.165) is 16.9 Å². The summed E-state index contributed by atoms with van der Waals surface area (Å²) < 4.78 is 27.6.